The zero-order valence-corrected chi connectivity index (χ0v) is 14.6. The van der Waals surface area contributed by atoms with Gasteiger partial charge in [-0.3, -0.25) is 9.58 Å². The van der Waals surface area contributed by atoms with E-state index >= 15 is 0 Å². The molecular formula is C19H24N4O. The SMILES string of the molecule is Cc1nn(C)c(C)c1C1CCCN1CCOc1ccc(C#N)cc1. The molecule has 5 nitrogen and oxygen atoms in total. The Morgan fingerprint density at radius 2 is 2.04 bits per heavy atom. The normalized spacial score (nSPS) is 17.8. The molecule has 1 fully saturated rings. The van der Waals surface area contributed by atoms with Gasteiger partial charge in [-0.2, -0.15) is 10.4 Å². The van der Waals surface area contributed by atoms with Crippen molar-refractivity contribution in [2.24, 2.45) is 7.05 Å². The summed E-state index contributed by atoms with van der Waals surface area (Å²) in [5, 5.41) is 13.4. The highest BCUT2D eigenvalue weighted by Gasteiger charge is 2.30. The van der Waals surface area contributed by atoms with Crippen LogP contribution in [0.5, 0.6) is 5.75 Å². The molecule has 0 bridgehead atoms. The average molecular weight is 324 g/mol. The Labute approximate surface area is 143 Å². The largest absolute Gasteiger partial charge is 0.492 e. The molecule has 1 aliphatic heterocycles. The van der Waals surface area contributed by atoms with Crippen molar-refractivity contribution in [2.75, 3.05) is 19.7 Å². The second kappa shape index (κ2) is 7.06. The third kappa shape index (κ3) is 3.29. The average Bonchev–Trinajstić information content (AvgIpc) is 3.12. The number of nitriles is 1. The maximum absolute atomic E-state index is 8.83. The van der Waals surface area contributed by atoms with E-state index in [2.05, 4.69) is 29.9 Å². The number of nitrogens with zero attached hydrogens (tertiary/aromatic N) is 4. The molecule has 126 valence electrons. The summed E-state index contributed by atoms with van der Waals surface area (Å²) in [7, 11) is 2.01. The summed E-state index contributed by atoms with van der Waals surface area (Å²) < 4.78 is 7.83. The van der Waals surface area contributed by atoms with Crippen LogP contribution in [0.4, 0.5) is 0 Å². The number of rotatable bonds is 5. The topological polar surface area (TPSA) is 54.1 Å². The van der Waals surface area contributed by atoms with Crippen LogP contribution in [0.3, 0.4) is 0 Å². The number of aromatic nitrogens is 2. The molecule has 2 aromatic rings. The zero-order valence-electron chi connectivity index (χ0n) is 14.6. The van der Waals surface area contributed by atoms with E-state index in [9.17, 15) is 0 Å². The monoisotopic (exact) mass is 324 g/mol. The van der Waals surface area contributed by atoms with E-state index in [1.54, 1.807) is 12.1 Å². The molecule has 24 heavy (non-hydrogen) atoms. The van der Waals surface area contributed by atoms with Crippen LogP contribution in [-0.4, -0.2) is 34.4 Å². The summed E-state index contributed by atoms with van der Waals surface area (Å²) >= 11 is 0. The van der Waals surface area contributed by atoms with Crippen molar-refractivity contribution in [3.63, 3.8) is 0 Å². The quantitative estimate of drug-likeness (QED) is 0.848. The Morgan fingerprint density at radius 1 is 1.29 bits per heavy atom. The number of benzene rings is 1. The summed E-state index contributed by atoms with van der Waals surface area (Å²) in [5.41, 5.74) is 4.44. The summed E-state index contributed by atoms with van der Waals surface area (Å²) in [6.45, 7) is 6.92. The van der Waals surface area contributed by atoms with E-state index in [4.69, 9.17) is 10.00 Å². The van der Waals surface area contributed by atoms with Crippen LogP contribution in [0.25, 0.3) is 0 Å². The van der Waals surface area contributed by atoms with Crippen LogP contribution >= 0.6 is 0 Å². The fraction of sp³-hybridized carbons (Fsp3) is 0.474. The molecule has 3 rings (SSSR count). The molecule has 0 spiro atoms. The van der Waals surface area contributed by atoms with E-state index in [1.165, 1.54) is 24.1 Å². The van der Waals surface area contributed by atoms with Crippen molar-refractivity contribution < 1.29 is 4.74 Å². The molecule has 0 amide bonds. The van der Waals surface area contributed by atoms with E-state index in [0.717, 1.165) is 24.5 Å². The first-order chi connectivity index (χ1) is 11.6. The number of aryl methyl sites for hydroxylation is 2. The standard InChI is InChI=1S/C19H24N4O/c1-14-19(15(2)22(3)21-14)18-5-4-10-23(18)11-12-24-17-8-6-16(13-20)7-9-17/h6-9,18H,4-5,10-12H2,1-3H3. The van der Waals surface area contributed by atoms with Crippen molar-refractivity contribution in [2.45, 2.75) is 32.7 Å². The van der Waals surface area contributed by atoms with Crippen LogP contribution in [0.2, 0.25) is 0 Å². The van der Waals surface area contributed by atoms with Crippen LogP contribution < -0.4 is 4.74 Å². The highest BCUT2D eigenvalue weighted by Crippen LogP contribution is 2.35. The van der Waals surface area contributed by atoms with Crippen LogP contribution in [0.15, 0.2) is 24.3 Å². The highest BCUT2D eigenvalue weighted by molar-refractivity contribution is 5.34. The molecule has 1 aromatic carbocycles. The fourth-order valence-electron chi connectivity index (χ4n) is 3.60. The van der Waals surface area contributed by atoms with Crippen molar-refractivity contribution in [1.82, 2.24) is 14.7 Å². The maximum Gasteiger partial charge on any atom is 0.119 e. The lowest BCUT2D eigenvalue weighted by Crippen LogP contribution is -2.28. The Bertz CT molecular complexity index is 742. The van der Waals surface area contributed by atoms with E-state index in [-0.39, 0.29) is 0 Å². The van der Waals surface area contributed by atoms with Gasteiger partial charge in [0.25, 0.3) is 0 Å². The molecular weight excluding hydrogens is 300 g/mol. The van der Waals surface area contributed by atoms with Gasteiger partial charge in [0.1, 0.15) is 12.4 Å². The zero-order chi connectivity index (χ0) is 17.1. The van der Waals surface area contributed by atoms with Crippen LogP contribution in [-0.2, 0) is 7.05 Å². The predicted octanol–water partition coefficient (Wildman–Crippen LogP) is 3.12. The fourth-order valence-corrected chi connectivity index (χ4v) is 3.60. The number of ether oxygens (including phenoxy) is 1. The van der Waals surface area contributed by atoms with Crippen LogP contribution in [0.1, 0.15) is 41.4 Å². The minimum atomic E-state index is 0.447. The molecule has 1 unspecified atom stereocenters. The Hall–Kier alpha value is -2.32. The van der Waals surface area contributed by atoms with Crippen LogP contribution in [0, 0.1) is 25.2 Å². The first-order valence-corrected chi connectivity index (χ1v) is 8.47. The summed E-state index contributed by atoms with van der Waals surface area (Å²) in [4.78, 5) is 2.50. The van der Waals surface area contributed by atoms with Gasteiger partial charge in [-0.15, -0.1) is 0 Å². The Kier molecular flexibility index (Phi) is 4.86. The molecule has 1 atom stereocenters. The number of likely N-dealkylation sites (tertiary alicyclic amines) is 1. The van der Waals surface area contributed by atoms with Gasteiger partial charge in [0.05, 0.1) is 17.3 Å². The molecule has 0 saturated carbocycles. The molecule has 2 heterocycles. The van der Waals surface area contributed by atoms with Gasteiger partial charge < -0.3 is 4.74 Å². The molecule has 5 heteroatoms. The van der Waals surface area contributed by atoms with Gasteiger partial charge >= 0.3 is 0 Å². The van der Waals surface area contributed by atoms with Gasteiger partial charge in [-0.05, 0) is 57.5 Å². The van der Waals surface area contributed by atoms with Gasteiger partial charge in [-0.25, -0.2) is 0 Å². The summed E-state index contributed by atoms with van der Waals surface area (Å²) in [5.74, 6) is 0.818. The minimum absolute atomic E-state index is 0.447. The van der Waals surface area contributed by atoms with Gasteiger partial charge in [0, 0.05) is 30.9 Å². The number of hydrogen-bond acceptors (Lipinski definition) is 4. The van der Waals surface area contributed by atoms with Gasteiger partial charge in [0.2, 0.25) is 0 Å². The van der Waals surface area contributed by atoms with Crippen molar-refractivity contribution >= 4 is 0 Å². The second-order valence-corrected chi connectivity index (χ2v) is 6.39. The van der Waals surface area contributed by atoms with Crippen molar-refractivity contribution in [3.8, 4) is 11.8 Å². The molecule has 0 N–H and O–H groups in total. The molecule has 0 radical (unpaired) electrons. The summed E-state index contributed by atoms with van der Waals surface area (Å²) in [6.07, 6.45) is 2.40. The van der Waals surface area contributed by atoms with E-state index in [0.29, 0.717) is 18.2 Å². The van der Waals surface area contributed by atoms with E-state index in [1.807, 2.05) is 23.9 Å². The smallest absolute Gasteiger partial charge is 0.119 e. The third-order valence-electron chi connectivity index (χ3n) is 4.89. The molecule has 1 aliphatic rings. The van der Waals surface area contributed by atoms with Gasteiger partial charge in [0.15, 0.2) is 0 Å². The number of hydrogen-bond donors (Lipinski definition) is 0. The van der Waals surface area contributed by atoms with Crippen molar-refractivity contribution in [3.05, 3.63) is 46.8 Å². The minimum Gasteiger partial charge on any atom is -0.492 e. The predicted molar refractivity (Wildman–Crippen MR) is 92.9 cm³/mol. The second-order valence-electron chi connectivity index (χ2n) is 6.39. The summed E-state index contributed by atoms with van der Waals surface area (Å²) in [6, 6.07) is 9.86. The van der Waals surface area contributed by atoms with Gasteiger partial charge in [-0.1, -0.05) is 0 Å². The molecule has 1 aromatic heterocycles. The lowest BCUT2D eigenvalue weighted by Gasteiger charge is -2.25. The Balaban J connectivity index is 1.61. The first-order valence-electron chi connectivity index (χ1n) is 8.47. The highest BCUT2D eigenvalue weighted by atomic mass is 16.5. The molecule has 0 aliphatic carbocycles. The Morgan fingerprint density at radius 3 is 2.67 bits per heavy atom. The lowest BCUT2D eigenvalue weighted by molar-refractivity contribution is 0.197. The third-order valence-corrected chi connectivity index (χ3v) is 4.89. The maximum atomic E-state index is 8.83. The van der Waals surface area contributed by atoms with E-state index < -0.39 is 0 Å². The van der Waals surface area contributed by atoms with Crippen molar-refractivity contribution in [1.29, 1.82) is 5.26 Å². The lowest BCUT2D eigenvalue weighted by atomic mass is 10.0. The first kappa shape index (κ1) is 16.5. The molecule has 1 saturated heterocycles.